The lowest BCUT2D eigenvalue weighted by molar-refractivity contribution is -0.139. The van der Waals surface area contributed by atoms with E-state index in [1.165, 1.54) is 0 Å². The molecule has 1 rings (SSSR count). The molecule has 0 spiro atoms. The van der Waals surface area contributed by atoms with E-state index in [2.05, 4.69) is 5.32 Å². The summed E-state index contributed by atoms with van der Waals surface area (Å²) in [6.07, 6.45) is 0. The van der Waals surface area contributed by atoms with Crippen molar-refractivity contribution < 1.29 is 9.59 Å². The summed E-state index contributed by atoms with van der Waals surface area (Å²) in [5.41, 5.74) is 6.63. The SMILES string of the molecule is CNC(=O)c1ccc(CN(C)C(=O)C(C)(C)CN)cc1. The normalized spacial score (nSPS) is 11.1. The highest BCUT2D eigenvalue weighted by atomic mass is 16.2. The summed E-state index contributed by atoms with van der Waals surface area (Å²) >= 11 is 0. The van der Waals surface area contributed by atoms with Crippen molar-refractivity contribution in [3.8, 4) is 0 Å². The number of nitrogens with two attached hydrogens (primary N) is 1. The molecule has 0 aliphatic carbocycles. The number of hydrogen-bond acceptors (Lipinski definition) is 3. The van der Waals surface area contributed by atoms with E-state index >= 15 is 0 Å². The number of amides is 2. The summed E-state index contributed by atoms with van der Waals surface area (Å²) in [6.45, 7) is 4.48. The number of hydrogen-bond donors (Lipinski definition) is 2. The van der Waals surface area contributed by atoms with Gasteiger partial charge in [-0.2, -0.15) is 0 Å². The molecule has 5 heteroatoms. The van der Waals surface area contributed by atoms with Crippen molar-refractivity contribution in [3.63, 3.8) is 0 Å². The largest absolute Gasteiger partial charge is 0.355 e. The lowest BCUT2D eigenvalue weighted by Gasteiger charge is -2.28. The van der Waals surface area contributed by atoms with Gasteiger partial charge in [-0.05, 0) is 31.5 Å². The number of carbonyl (C=O) groups is 2. The zero-order chi connectivity index (χ0) is 15.3. The first-order chi connectivity index (χ1) is 9.31. The molecule has 0 fully saturated rings. The van der Waals surface area contributed by atoms with Crippen molar-refractivity contribution in [2.45, 2.75) is 20.4 Å². The Hall–Kier alpha value is -1.88. The van der Waals surface area contributed by atoms with Crippen LogP contribution in [0.25, 0.3) is 0 Å². The molecular weight excluding hydrogens is 254 g/mol. The second kappa shape index (κ2) is 6.52. The Bertz CT molecular complexity index is 480. The predicted octanol–water partition coefficient (Wildman–Crippen LogP) is 0.990. The maximum absolute atomic E-state index is 12.2. The third-order valence-corrected chi connectivity index (χ3v) is 3.30. The van der Waals surface area contributed by atoms with Gasteiger partial charge in [0.15, 0.2) is 0 Å². The summed E-state index contributed by atoms with van der Waals surface area (Å²) in [5.74, 6) is -0.111. The number of carbonyl (C=O) groups excluding carboxylic acids is 2. The van der Waals surface area contributed by atoms with E-state index < -0.39 is 5.41 Å². The standard InChI is InChI=1S/C15H23N3O2/c1-15(2,10-16)14(20)18(4)9-11-5-7-12(8-6-11)13(19)17-3/h5-8H,9-10,16H2,1-4H3,(H,17,19). The molecule has 3 N–H and O–H groups in total. The van der Waals surface area contributed by atoms with E-state index in [0.29, 0.717) is 18.7 Å². The van der Waals surface area contributed by atoms with Gasteiger partial charge >= 0.3 is 0 Å². The molecule has 0 aliphatic rings. The van der Waals surface area contributed by atoms with Crippen molar-refractivity contribution in [1.82, 2.24) is 10.2 Å². The van der Waals surface area contributed by atoms with Crippen LogP contribution in [-0.4, -0.2) is 37.4 Å². The second-order valence-electron chi connectivity index (χ2n) is 5.53. The van der Waals surface area contributed by atoms with Crippen LogP contribution in [0.2, 0.25) is 0 Å². The summed E-state index contributed by atoms with van der Waals surface area (Å²) in [4.78, 5) is 25.3. The quantitative estimate of drug-likeness (QED) is 0.842. The average molecular weight is 277 g/mol. The molecule has 1 aromatic rings. The highest BCUT2D eigenvalue weighted by Gasteiger charge is 2.28. The van der Waals surface area contributed by atoms with Gasteiger partial charge in [-0.1, -0.05) is 12.1 Å². The van der Waals surface area contributed by atoms with Crippen LogP contribution in [-0.2, 0) is 11.3 Å². The Morgan fingerprint density at radius 3 is 2.25 bits per heavy atom. The van der Waals surface area contributed by atoms with Gasteiger partial charge in [0.1, 0.15) is 0 Å². The maximum Gasteiger partial charge on any atom is 0.251 e. The van der Waals surface area contributed by atoms with E-state index in [9.17, 15) is 9.59 Å². The van der Waals surface area contributed by atoms with Gasteiger partial charge < -0.3 is 16.0 Å². The molecule has 0 heterocycles. The monoisotopic (exact) mass is 277 g/mol. The molecule has 1 aromatic carbocycles. The Morgan fingerprint density at radius 2 is 1.80 bits per heavy atom. The van der Waals surface area contributed by atoms with Crippen molar-refractivity contribution >= 4 is 11.8 Å². The first-order valence-electron chi connectivity index (χ1n) is 6.58. The zero-order valence-electron chi connectivity index (χ0n) is 12.6. The first kappa shape index (κ1) is 16.2. The molecule has 0 aromatic heterocycles. The molecule has 0 bridgehead atoms. The number of benzene rings is 1. The van der Waals surface area contributed by atoms with Crippen LogP contribution in [0.3, 0.4) is 0 Å². The van der Waals surface area contributed by atoms with Crippen LogP contribution in [0.4, 0.5) is 0 Å². The molecule has 0 atom stereocenters. The highest BCUT2D eigenvalue weighted by Crippen LogP contribution is 2.17. The van der Waals surface area contributed by atoms with Gasteiger partial charge in [-0.3, -0.25) is 9.59 Å². The van der Waals surface area contributed by atoms with Crippen LogP contribution >= 0.6 is 0 Å². The smallest absolute Gasteiger partial charge is 0.251 e. The molecule has 0 saturated carbocycles. The molecule has 110 valence electrons. The summed E-state index contributed by atoms with van der Waals surface area (Å²) < 4.78 is 0. The predicted molar refractivity (Wildman–Crippen MR) is 79.1 cm³/mol. The molecular formula is C15H23N3O2. The van der Waals surface area contributed by atoms with Crippen LogP contribution in [0.15, 0.2) is 24.3 Å². The summed E-state index contributed by atoms with van der Waals surface area (Å²) in [7, 11) is 3.35. The van der Waals surface area contributed by atoms with Crippen LogP contribution in [0, 0.1) is 5.41 Å². The molecule has 0 saturated heterocycles. The van der Waals surface area contributed by atoms with Gasteiger partial charge in [0.2, 0.25) is 5.91 Å². The Balaban J connectivity index is 2.74. The third-order valence-electron chi connectivity index (χ3n) is 3.30. The maximum atomic E-state index is 12.2. The minimum absolute atomic E-state index is 0.00961. The first-order valence-corrected chi connectivity index (χ1v) is 6.58. The van der Waals surface area contributed by atoms with Gasteiger partial charge in [-0.25, -0.2) is 0 Å². The lowest BCUT2D eigenvalue weighted by Crippen LogP contribution is -2.42. The van der Waals surface area contributed by atoms with E-state index in [0.717, 1.165) is 5.56 Å². The van der Waals surface area contributed by atoms with Crippen molar-refractivity contribution in [2.24, 2.45) is 11.1 Å². The molecule has 2 amide bonds. The topological polar surface area (TPSA) is 75.4 Å². The fraction of sp³-hybridized carbons (Fsp3) is 0.467. The fourth-order valence-corrected chi connectivity index (χ4v) is 1.86. The molecule has 0 unspecified atom stereocenters. The van der Waals surface area contributed by atoms with Gasteiger partial charge in [-0.15, -0.1) is 0 Å². The highest BCUT2D eigenvalue weighted by molar-refractivity contribution is 5.93. The van der Waals surface area contributed by atoms with Crippen LogP contribution < -0.4 is 11.1 Å². The van der Waals surface area contributed by atoms with E-state index in [-0.39, 0.29) is 11.8 Å². The van der Waals surface area contributed by atoms with Crippen LogP contribution in [0.1, 0.15) is 29.8 Å². The van der Waals surface area contributed by atoms with E-state index in [4.69, 9.17) is 5.73 Å². The van der Waals surface area contributed by atoms with E-state index in [1.807, 2.05) is 26.0 Å². The van der Waals surface area contributed by atoms with Crippen LogP contribution in [0.5, 0.6) is 0 Å². The Kier molecular flexibility index (Phi) is 5.27. The van der Waals surface area contributed by atoms with Crippen molar-refractivity contribution in [3.05, 3.63) is 35.4 Å². The van der Waals surface area contributed by atoms with Crippen molar-refractivity contribution in [1.29, 1.82) is 0 Å². The van der Waals surface area contributed by atoms with Gasteiger partial charge in [0, 0.05) is 32.7 Å². The number of nitrogens with one attached hydrogen (secondary N) is 1. The molecule has 0 radical (unpaired) electrons. The third kappa shape index (κ3) is 3.81. The van der Waals surface area contributed by atoms with E-state index in [1.54, 1.807) is 31.1 Å². The Morgan fingerprint density at radius 1 is 1.25 bits per heavy atom. The summed E-state index contributed by atoms with van der Waals surface area (Å²) in [6, 6.07) is 7.20. The summed E-state index contributed by atoms with van der Waals surface area (Å²) in [5, 5.41) is 2.57. The minimum Gasteiger partial charge on any atom is -0.355 e. The fourth-order valence-electron chi connectivity index (χ4n) is 1.86. The molecule has 20 heavy (non-hydrogen) atoms. The Labute approximate surface area is 120 Å². The lowest BCUT2D eigenvalue weighted by atomic mass is 9.92. The molecule has 5 nitrogen and oxygen atoms in total. The minimum atomic E-state index is -0.559. The average Bonchev–Trinajstić information content (AvgIpc) is 2.46. The van der Waals surface area contributed by atoms with Gasteiger partial charge in [0.05, 0.1) is 5.41 Å². The van der Waals surface area contributed by atoms with Crippen molar-refractivity contribution in [2.75, 3.05) is 20.6 Å². The zero-order valence-corrected chi connectivity index (χ0v) is 12.6. The number of rotatable bonds is 5. The molecule has 0 aliphatic heterocycles. The number of nitrogens with zero attached hydrogens (tertiary/aromatic N) is 1. The van der Waals surface area contributed by atoms with Gasteiger partial charge in [0.25, 0.3) is 5.91 Å². The second-order valence-corrected chi connectivity index (χ2v) is 5.53.